The number of hydrogen-bond acceptors (Lipinski definition) is 4. The quantitative estimate of drug-likeness (QED) is 0.785. The summed E-state index contributed by atoms with van der Waals surface area (Å²) in [4.78, 5) is 8.43. The highest BCUT2D eigenvalue weighted by atomic mass is 16.5. The average Bonchev–Trinajstić information content (AvgIpc) is 2.36. The van der Waals surface area contributed by atoms with E-state index in [-0.39, 0.29) is 0 Å². The van der Waals surface area contributed by atoms with Gasteiger partial charge in [0, 0.05) is 6.54 Å². The number of anilines is 1. The normalized spacial score (nSPS) is 10.8. The summed E-state index contributed by atoms with van der Waals surface area (Å²) >= 11 is 0. The number of nitrogens with zero attached hydrogens (tertiary/aromatic N) is 2. The molecule has 4 nitrogen and oxygen atoms in total. The number of hydrogen-bond donors (Lipinski definition) is 1. The Balaban J connectivity index is 3.02. The van der Waals surface area contributed by atoms with Crippen molar-refractivity contribution in [1.29, 1.82) is 0 Å². The van der Waals surface area contributed by atoms with Crippen LogP contribution < -0.4 is 10.1 Å². The summed E-state index contributed by atoms with van der Waals surface area (Å²) in [6.45, 7) is 8.72. The van der Waals surface area contributed by atoms with Gasteiger partial charge >= 0.3 is 0 Å². The maximum atomic E-state index is 5.77. The van der Waals surface area contributed by atoms with Crippen molar-refractivity contribution in [3.05, 3.63) is 11.9 Å². The molecular formula is C14H21N3O. The molecule has 1 rings (SSSR count). The third kappa shape index (κ3) is 3.63. The van der Waals surface area contributed by atoms with E-state index in [2.05, 4.69) is 28.1 Å². The lowest BCUT2D eigenvalue weighted by Gasteiger charge is -2.21. The predicted octanol–water partition coefficient (Wildman–Crippen LogP) is 2.65. The number of rotatable bonds is 6. The highest BCUT2D eigenvalue weighted by Crippen LogP contribution is 2.25. The minimum atomic E-state index is -0.666. The van der Waals surface area contributed by atoms with E-state index in [1.807, 2.05) is 20.8 Å². The van der Waals surface area contributed by atoms with E-state index in [4.69, 9.17) is 11.2 Å². The standard InChI is InChI=1S/C14H21N3O/c1-6-9-15-12-11(7-2)13(17-10-16-12)18-14(4,5)8-3/h3,10H,6-7,9H2,1-2,4-5H3,(H,15,16,17). The molecule has 0 aliphatic rings. The van der Waals surface area contributed by atoms with Crippen molar-refractivity contribution in [1.82, 2.24) is 9.97 Å². The van der Waals surface area contributed by atoms with Gasteiger partial charge in [0.05, 0.1) is 5.56 Å². The maximum Gasteiger partial charge on any atom is 0.223 e. The molecule has 98 valence electrons. The topological polar surface area (TPSA) is 47.0 Å². The first-order valence-electron chi connectivity index (χ1n) is 6.28. The van der Waals surface area contributed by atoms with E-state index in [1.54, 1.807) is 0 Å². The molecule has 0 aromatic carbocycles. The Morgan fingerprint density at radius 1 is 1.39 bits per heavy atom. The van der Waals surface area contributed by atoms with E-state index >= 15 is 0 Å². The molecule has 0 aliphatic heterocycles. The first kappa shape index (κ1) is 14.3. The zero-order valence-corrected chi connectivity index (χ0v) is 11.6. The van der Waals surface area contributed by atoms with Gasteiger partial charge in [-0.2, -0.15) is 0 Å². The fourth-order valence-corrected chi connectivity index (χ4v) is 1.47. The Hall–Kier alpha value is -1.76. The summed E-state index contributed by atoms with van der Waals surface area (Å²) in [6.07, 6.45) is 8.76. The average molecular weight is 247 g/mol. The Morgan fingerprint density at radius 3 is 2.67 bits per heavy atom. The van der Waals surface area contributed by atoms with Gasteiger partial charge in [-0.25, -0.2) is 9.97 Å². The zero-order chi connectivity index (χ0) is 13.6. The van der Waals surface area contributed by atoms with E-state index < -0.39 is 5.60 Å². The largest absolute Gasteiger partial charge is 0.458 e. The Kier molecular flexibility index (Phi) is 4.96. The van der Waals surface area contributed by atoms with Crippen LogP contribution >= 0.6 is 0 Å². The molecule has 1 aromatic heterocycles. The summed E-state index contributed by atoms with van der Waals surface area (Å²) in [7, 11) is 0. The molecule has 1 aromatic rings. The van der Waals surface area contributed by atoms with Crippen LogP contribution in [0.25, 0.3) is 0 Å². The third-order valence-corrected chi connectivity index (χ3v) is 2.50. The van der Waals surface area contributed by atoms with E-state index in [0.717, 1.165) is 30.8 Å². The monoisotopic (exact) mass is 247 g/mol. The van der Waals surface area contributed by atoms with Gasteiger partial charge in [0.25, 0.3) is 0 Å². The lowest BCUT2D eigenvalue weighted by Crippen LogP contribution is -2.27. The molecule has 0 unspecified atom stereocenters. The molecule has 1 heterocycles. The van der Waals surface area contributed by atoms with Gasteiger partial charge < -0.3 is 10.1 Å². The lowest BCUT2D eigenvalue weighted by molar-refractivity contribution is 0.162. The van der Waals surface area contributed by atoms with Gasteiger partial charge in [0.15, 0.2) is 5.60 Å². The molecule has 0 atom stereocenters. The van der Waals surface area contributed by atoms with Gasteiger partial charge in [-0.05, 0) is 26.7 Å². The molecule has 18 heavy (non-hydrogen) atoms. The van der Waals surface area contributed by atoms with E-state index in [1.165, 1.54) is 6.33 Å². The summed E-state index contributed by atoms with van der Waals surface area (Å²) < 4.78 is 5.77. The van der Waals surface area contributed by atoms with Crippen molar-refractivity contribution >= 4 is 5.82 Å². The molecule has 0 aliphatic carbocycles. The highest BCUT2D eigenvalue weighted by Gasteiger charge is 2.20. The zero-order valence-electron chi connectivity index (χ0n) is 11.6. The van der Waals surface area contributed by atoms with Crippen molar-refractivity contribution in [2.24, 2.45) is 0 Å². The number of aromatic nitrogens is 2. The number of ether oxygens (including phenoxy) is 1. The van der Waals surface area contributed by atoms with Crippen LogP contribution in [0.5, 0.6) is 5.88 Å². The molecule has 1 N–H and O–H groups in total. The van der Waals surface area contributed by atoms with Gasteiger partial charge in [-0.1, -0.05) is 19.8 Å². The number of nitrogens with one attached hydrogen (secondary N) is 1. The summed E-state index contributed by atoms with van der Waals surface area (Å²) in [5.41, 5.74) is 0.301. The van der Waals surface area contributed by atoms with Crippen LogP contribution in [0.2, 0.25) is 0 Å². The maximum absolute atomic E-state index is 5.77. The molecular weight excluding hydrogens is 226 g/mol. The Morgan fingerprint density at radius 2 is 2.11 bits per heavy atom. The van der Waals surface area contributed by atoms with Crippen molar-refractivity contribution in [3.63, 3.8) is 0 Å². The van der Waals surface area contributed by atoms with Crippen LogP contribution in [0.15, 0.2) is 6.33 Å². The van der Waals surface area contributed by atoms with Gasteiger partial charge in [-0.15, -0.1) is 6.42 Å². The predicted molar refractivity (Wildman–Crippen MR) is 73.7 cm³/mol. The fourth-order valence-electron chi connectivity index (χ4n) is 1.47. The summed E-state index contributed by atoms with van der Waals surface area (Å²) in [5.74, 6) is 4.00. The van der Waals surface area contributed by atoms with Crippen molar-refractivity contribution in [2.45, 2.75) is 46.1 Å². The molecule has 0 spiro atoms. The second-order valence-electron chi connectivity index (χ2n) is 4.54. The molecule has 0 saturated carbocycles. The third-order valence-electron chi connectivity index (χ3n) is 2.50. The van der Waals surface area contributed by atoms with Crippen LogP contribution in [-0.4, -0.2) is 22.1 Å². The lowest BCUT2D eigenvalue weighted by atomic mass is 10.1. The summed E-state index contributed by atoms with van der Waals surface area (Å²) in [5, 5.41) is 3.28. The van der Waals surface area contributed by atoms with E-state index in [0.29, 0.717) is 5.88 Å². The minimum Gasteiger partial charge on any atom is -0.458 e. The second-order valence-corrected chi connectivity index (χ2v) is 4.54. The Labute approximate surface area is 109 Å². The van der Waals surface area contributed by atoms with Crippen LogP contribution in [-0.2, 0) is 6.42 Å². The first-order valence-corrected chi connectivity index (χ1v) is 6.28. The van der Waals surface area contributed by atoms with Crippen molar-refractivity contribution in [3.8, 4) is 18.2 Å². The molecule has 0 fully saturated rings. The SMILES string of the molecule is C#CC(C)(C)Oc1ncnc(NCCC)c1CC. The van der Waals surface area contributed by atoms with Gasteiger partial charge in [0.1, 0.15) is 12.1 Å². The van der Waals surface area contributed by atoms with Crippen LogP contribution in [0, 0.1) is 12.3 Å². The molecule has 0 saturated heterocycles. The second kappa shape index (κ2) is 6.25. The number of terminal acetylenes is 1. The molecule has 4 heteroatoms. The van der Waals surface area contributed by atoms with Gasteiger partial charge in [-0.3, -0.25) is 0 Å². The first-order chi connectivity index (χ1) is 8.54. The molecule has 0 bridgehead atoms. The van der Waals surface area contributed by atoms with Crippen LogP contribution in [0.4, 0.5) is 5.82 Å². The van der Waals surface area contributed by atoms with E-state index in [9.17, 15) is 0 Å². The van der Waals surface area contributed by atoms with Crippen molar-refractivity contribution < 1.29 is 4.74 Å². The highest BCUT2D eigenvalue weighted by molar-refractivity contribution is 5.49. The Bertz CT molecular complexity index is 435. The molecule has 0 amide bonds. The smallest absolute Gasteiger partial charge is 0.223 e. The summed E-state index contributed by atoms with van der Waals surface area (Å²) in [6, 6.07) is 0. The van der Waals surface area contributed by atoms with Crippen LogP contribution in [0.3, 0.4) is 0 Å². The molecule has 0 radical (unpaired) electrons. The van der Waals surface area contributed by atoms with Gasteiger partial charge in [0.2, 0.25) is 5.88 Å². The van der Waals surface area contributed by atoms with Crippen molar-refractivity contribution in [2.75, 3.05) is 11.9 Å². The fraction of sp³-hybridized carbons (Fsp3) is 0.571. The minimum absolute atomic E-state index is 0.564. The van der Waals surface area contributed by atoms with Crippen LogP contribution in [0.1, 0.15) is 39.7 Å².